The van der Waals surface area contributed by atoms with Crippen molar-refractivity contribution < 1.29 is 0 Å². The predicted octanol–water partition coefficient (Wildman–Crippen LogP) is 4.56. The van der Waals surface area contributed by atoms with Gasteiger partial charge in [-0.15, -0.1) is 0 Å². The van der Waals surface area contributed by atoms with E-state index in [9.17, 15) is 0 Å². The van der Waals surface area contributed by atoms with Crippen molar-refractivity contribution in [2.75, 3.05) is 0 Å². The fourth-order valence-electron chi connectivity index (χ4n) is 1.52. The highest BCUT2D eigenvalue weighted by atomic mass is 35.9. The van der Waals surface area contributed by atoms with Gasteiger partial charge in [-0.2, -0.15) is 0 Å². The lowest BCUT2D eigenvalue weighted by Gasteiger charge is -2.06. The molecule has 3 heteroatoms. The molecule has 0 radical (unpaired) electrons. The van der Waals surface area contributed by atoms with E-state index in [1.54, 1.807) is 0 Å². The molecule has 0 aliphatic heterocycles. The zero-order valence-corrected chi connectivity index (χ0v) is 10.1. The molecular formula is C11H9Cl2P. The number of hydrogen-bond donors (Lipinski definition) is 0. The Balaban J connectivity index is 2.77. The standard InChI is InChI=1S/C11H9Cl2P/c1-8-5-6-9-3-2-4-11(14(12)13)10(9)7-8/h2-7H,1H3. The third-order valence-electron chi connectivity index (χ3n) is 2.20. The van der Waals surface area contributed by atoms with Crippen molar-refractivity contribution in [3.05, 3.63) is 42.0 Å². The second-order valence-corrected chi connectivity index (χ2v) is 6.73. The maximum absolute atomic E-state index is 5.96. The van der Waals surface area contributed by atoms with E-state index in [-0.39, 0.29) is 0 Å². The Morgan fingerprint density at radius 2 is 1.86 bits per heavy atom. The van der Waals surface area contributed by atoms with Crippen molar-refractivity contribution in [3.8, 4) is 0 Å². The summed E-state index contributed by atoms with van der Waals surface area (Å²) in [5.41, 5.74) is 1.23. The second kappa shape index (κ2) is 4.06. The lowest BCUT2D eigenvalue weighted by Crippen LogP contribution is -1.96. The number of hydrogen-bond acceptors (Lipinski definition) is 0. The molecule has 0 aromatic heterocycles. The minimum absolute atomic E-state index is 1.05. The van der Waals surface area contributed by atoms with Crippen LogP contribution in [0.25, 0.3) is 10.8 Å². The maximum Gasteiger partial charge on any atom is 0.117 e. The Bertz CT molecular complexity index is 466. The second-order valence-electron chi connectivity index (χ2n) is 3.23. The van der Waals surface area contributed by atoms with Gasteiger partial charge in [0.15, 0.2) is 0 Å². The van der Waals surface area contributed by atoms with Crippen molar-refractivity contribution in [2.45, 2.75) is 6.92 Å². The smallest absolute Gasteiger partial charge is 0.0727 e. The van der Waals surface area contributed by atoms with Crippen LogP contribution in [0.1, 0.15) is 5.56 Å². The Hall–Kier alpha value is -0.290. The Labute approximate surface area is 94.2 Å². The molecule has 0 aliphatic carbocycles. The predicted molar refractivity (Wildman–Crippen MR) is 66.9 cm³/mol. The van der Waals surface area contributed by atoms with E-state index in [1.807, 2.05) is 12.1 Å². The Morgan fingerprint density at radius 1 is 1.07 bits per heavy atom. The van der Waals surface area contributed by atoms with E-state index < -0.39 is 6.63 Å². The first-order valence-corrected chi connectivity index (χ1v) is 7.45. The van der Waals surface area contributed by atoms with Crippen LogP contribution < -0.4 is 5.30 Å². The van der Waals surface area contributed by atoms with Crippen LogP contribution in [-0.4, -0.2) is 0 Å². The van der Waals surface area contributed by atoms with E-state index in [1.165, 1.54) is 16.3 Å². The molecular weight excluding hydrogens is 234 g/mol. The zero-order chi connectivity index (χ0) is 10.1. The fraction of sp³-hybridized carbons (Fsp3) is 0.0909. The first-order valence-electron chi connectivity index (χ1n) is 4.29. The fourth-order valence-corrected chi connectivity index (χ4v) is 2.98. The molecule has 72 valence electrons. The van der Waals surface area contributed by atoms with E-state index in [0.29, 0.717) is 0 Å². The third kappa shape index (κ3) is 1.88. The van der Waals surface area contributed by atoms with Crippen LogP contribution in [-0.2, 0) is 0 Å². The van der Waals surface area contributed by atoms with Gasteiger partial charge < -0.3 is 0 Å². The monoisotopic (exact) mass is 242 g/mol. The molecule has 0 aliphatic rings. The van der Waals surface area contributed by atoms with Gasteiger partial charge in [0, 0.05) is 5.30 Å². The van der Waals surface area contributed by atoms with E-state index >= 15 is 0 Å². The van der Waals surface area contributed by atoms with Gasteiger partial charge in [-0.05, 0) is 17.7 Å². The average molecular weight is 243 g/mol. The zero-order valence-electron chi connectivity index (χ0n) is 7.67. The minimum atomic E-state index is -1.06. The average Bonchev–Trinajstić information content (AvgIpc) is 2.16. The number of fused-ring (bicyclic) bond motifs is 1. The topological polar surface area (TPSA) is 0 Å². The highest BCUT2D eigenvalue weighted by Gasteiger charge is 2.07. The molecule has 2 aromatic carbocycles. The van der Waals surface area contributed by atoms with Crippen LogP contribution in [0.4, 0.5) is 0 Å². The summed E-state index contributed by atoms with van der Waals surface area (Å²) >= 11 is 11.9. The van der Waals surface area contributed by atoms with Crippen LogP contribution in [0.5, 0.6) is 0 Å². The third-order valence-corrected chi connectivity index (χ3v) is 4.04. The number of halogens is 2. The van der Waals surface area contributed by atoms with Gasteiger partial charge in [0.1, 0.15) is 6.63 Å². The van der Waals surface area contributed by atoms with Crippen LogP contribution in [0.3, 0.4) is 0 Å². The van der Waals surface area contributed by atoms with Crippen molar-refractivity contribution in [3.63, 3.8) is 0 Å². The summed E-state index contributed by atoms with van der Waals surface area (Å²) < 4.78 is 0. The normalized spacial score (nSPS) is 11.1. The molecule has 0 N–H and O–H groups in total. The number of rotatable bonds is 1. The van der Waals surface area contributed by atoms with Gasteiger partial charge in [-0.25, -0.2) is 0 Å². The first kappa shape index (κ1) is 10.2. The number of aryl methyl sites for hydroxylation is 1. The summed E-state index contributed by atoms with van der Waals surface area (Å²) in [6.07, 6.45) is 0. The van der Waals surface area contributed by atoms with Gasteiger partial charge >= 0.3 is 0 Å². The summed E-state index contributed by atoms with van der Waals surface area (Å²) in [5, 5.41) is 3.41. The molecule has 14 heavy (non-hydrogen) atoms. The maximum atomic E-state index is 5.96. The molecule has 0 fully saturated rings. The van der Waals surface area contributed by atoms with E-state index in [0.717, 1.165) is 5.30 Å². The SMILES string of the molecule is Cc1ccc2cccc(P(Cl)Cl)c2c1. The molecule has 2 aromatic rings. The lowest BCUT2D eigenvalue weighted by molar-refractivity contribution is 1.51. The van der Waals surface area contributed by atoms with Crippen LogP contribution in [0.15, 0.2) is 36.4 Å². The van der Waals surface area contributed by atoms with Gasteiger partial charge in [-0.3, -0.25) is 0 Å². The van der Waals surface area contributed by atoms with E-state index in [4.69, 9.17) is 22.5 Å². The Morgan fingerprint density at radius 3 is 2.57 bits per heavy atom. The van der Waals surface area contributed by atoms with Crippen LogP contribution in [0.2, 0.25) is 0 Å². The molecule has 2 rings (SSSR count). The largest absolute Gasteiger partial charge is 0.117 e. The van der Waals surface area contributed by atoms with Gasteiger partial charge in [0.2, 0.25) is 0 Å². The van der Waals surface area contributed by atoms with E-state index in [2.05, 4.69) is 31.2 Å². The minimum Gasteiger partial charge on any atom is -0.0727 e. The number of benzene rings is 2. The molecule has 0 unspecified atom stereocenters. The van der Waals surface area contributed by atoms with Crippen LogP contribution >= 0.6 is 29.1 Å². The molecule has 0 amide bonds. The molecule has 0 nitrogen and oxygen atoms in total. The summed E-state index contributed by atoms with van der Waals surface area (Å²) in [7, 11) is 0. The summed E-state index contributed by atoms with van der Waals surface area (Å²) in [6.45, 7) is 1.01. The van der Waals surface area contributed by atoms with Crippen molar-refractivity contribution in [2.24, 2.45) is 0 Å². The molecule has 0 spiro atoms. The van der Waals surface area contributed by atoms with Crippen molar-refractivity contribution in [1.82, 2.24) is 0 Å². The molecule has 0 bridgehead atoms. The van der Waals surface area contributed by atoms with Crippen LogP contribution in [0, 0.1) is 6.92 Å². The van der Waals surface area contributed by atoms with Gasteiger partial charge in [-0.1, -0.05) is 64.4 Å². The molecule has 0 heterocycles. The van der Waals surface area contributed by atoms with Crippen molar-refractivity contribution >= 4 is 45.2 Å². The molecule has 0 saturated heterocycles. The first-order chi connectivity index (χ1) is 6.68. The summed E-state index contributed by atoms with van der Waals surface area (Å²) in [5.74, 6) is 0. The van der Waals surface area contributed by atoms with Gasteiger partial charge in [0.05, 0.1) is 0 Å². The molecule has 0 saturated carbocycles. The molecule has 0 atom stereocenters. The summed E-state index contributed by atoms with van der Waals surface area (Å²) in [4.78, 5) is 0. The quantitative estimate of drug-likeness (QED) is 0.644. The van der Waals surface area contributed by atoms with Gasteiger partial charge in [0.25, 0.3) is 0 Å². The highest BCUT2D eigenvalue weighted by molar-refractivity contribution is 8.09. The summed E-state index contributed by atoms with van der Waals surface area (Å²) in [6, 6.07) is 12.4. The lowest BCUT2D eigenvalue weighted by atomic mass is 10.1. The highest BCUT2D eigenvalue weighted by Crippen LogP contribution is 2.46. The van der Waals surface area contributed by atoms with Crippen molar-refractivity contribution in [1.29, 1.82) is 0 Å². The Kier molecular flexibility index (Phi) is 2.97.